The van der Waals surface area contributed by atoms with Crippen LogP contribution in [0, 0.1) is 0 Å². The summed E-state index contributed by atoms with van der Waals surface area (Å²) in [5.74, 6) is 0. The molecule has 4 atom stereocenters. The Kier molecular flexibility index (Phi) is 34.3. The number of hydrogen-bond donors (Lipinski definition) is 0. The Morgan fingerprint density at radius 1 is 0.175 bits per heavy atom. The monoisotopic (exact) mass is 1730 g/mol. The van der Waals surface area contributed by atoms with E-state index in [1.54, 1.807) is 34.6 Å². The van der Waals surface area contributed by atoms with Gasteiger partial charge in [-0.1, -0.05) is 0 Å². The largest absolute Gasteiger partial charge is 0.509 e. The Hall–Kier alpha value is -9.49. The van der Waals surface area contributed by atoms with Crippen molar-refractivity contribution in [3.63, 3.8) is 0 Å². The van der Waals surface area contributed by atoms with E-state index in [1.165, 1.54) is 0 Å². The van der Waals surface area contributed by atoms with E-state index < -0.39 is 186 Å². The summed E-state index contributed by atoms with van der Waals surface area (Å²) in [4.78, 5) is 136. The molecule has 13 heterocycles. The molecular weight excluding hydrogens is 1600 g/mol. The first-order valence-electron chi connectivity index (χ1n) is 38.7. The van der Waals surface area contributed by atoms with Crippen molar-refractivity contribution in [2.45, 2.75) is 422 Å². The molecule has 39 heteroatoms. The summed E-state index contributed by atoms with van der Waals surface area (Å²) in [6.45, 7) is 77.8. The first kappa shape index (κ1) is 109. The van der Waals surface area contributed by atoms with Crippen LogP contribution in [0.3, 0.4) is 0 Å². The summed E-state index contributed by atoms with van der Waals surface area (Å²) in [5.41, 5.74) is -9.29. The van der Waals surface area contributed by atoms with Gasteiger partial charge in [-0.2, -0.15) is 0 Å². The molecule has 0 N–H and O–H groups in total. The lowest BCUT2D eigenvalue weighted by Crippen LogP contribution is -2.41. The van der Waals surface area contributed by atoms with E-state index in [0.29, 0.717) is 19.8 Å². The molecule has 13 saturated heterocycles. The maximum Gasteiger partial charge on any atom is 0.509 e. The summed E-state index contributed by atoms with van der Waals surface area (Å²) in [7, 11) is 0. The lowest BCUT2D eigenvalue weighted by atomic mass is 9.90. The van der Waals surface area contributed by atoms with Gasteiger partial charge >= 0.3 is 80.0 Å². The Morgan fingerprint density at radius 2 is 0.325 bits per heavy atom. The van der Waals surface area contributed by atoms with Crippen molar-refractivity contribution in [3.05, 3.63) is 0 Å². The van der Waals surface area contributed by atoms with Gasteiger partial charge in [-0.25, -0.2) is 62.3 Å². The highest BCUT2D eigenvalue weighted by Gasteiger charge is 2.57. The van der Waals surface area contributed by atoms with Gasteiger partial charge in [-0.15, -0.1) is 0 Å². The molecule has 0 aliphatic carbocycles. The topological polar surface area (TPSA) is 462 Å². The molecule has 0 bridgehead atoms. The molecule has 0 amide bonds. The molecule has 0 aromatic heterocycles. The van der Waals surface area contributed by atoms with Gasteiger partial charge in [0.1, 0.15) is 151 Å². The van der Waals surface area contributed by atoms with Gasteiger partial charge in [-0.05, 0) is 291 Å². The van der Waals surface area contributed by atoms with Crippen LogP contribution in [0.15, 0.2) is 0 Å². The number of carbonyl (C=O) groups excluding carboxylic acids is 13. The lowest BCUT2D eigenvalue weighted by Gasteiger charge is -2.28. The number of cyclic esters (lactones) is 26. The van der Waals surface area contributed by atoms with Crippen LogP contribution in [-0.4, -0.2) is 231 Å². The molecule has 0 aromatic carbocycles. The van der Waals surface area contributed by atoms with Gasteiger partial charge in [0.2, 0.25) is 0 Å². The van der Waals surface area contributed by atoms with E-state index in [2.05, 4.69) is 28.4 Å². The second-order valence-electron chi connectivity index (χ2n) is 38.8. The van der Waals surface area contributed by atoms with Gasteiger partial charge in [0.15, 0.2) is 0 Å². The van der Waals surface area contributed by atoms with Gasteiger partial charge in [0.25, 0.3) is 0 Å². The molecule has 0 aromatic rings. The van der Waals surface area contributed by atoms with Crippen molar-refractivity contribution in [1.82, 2.24) is 0 Å². The normalized spacial score (nSPS) is 28.0. The van der Waals surface area contributed by atoms with Gasteiger partial charge < -0.3 is 123 Å². The van der Waals surface area contributed by atoms with E-state index in [-0.39, 0.29) is 24.4 Å². The van der Waals surface area contributed by atoms with Crippen LogP contribution in [0.4, 0.5) is 62.3 Å². The Labute approximate surface area is 704 Å². The first-order chi connectivity index (χ1) is 53.0. The van der Waals surface area contributed by atoms with Crippen molar-refractivity contribution in [3.8, 4) is 0 Å². The molecule has 120 heavy (non-hydrogen) atoms. The third-order valence-electron chi connectivity index (χ3n) is 22.2. The Balaban J connectivity index is 0.000000651. The highest BCUT2D eigenvalue weighted by molar-refractivity contribution is 5.68. The zero-order chi connectivity index (χ0) is 94.8. The van der Waals surface area contributed by atoms with E-state index >= 15 is 0 Å². The summed E-state index contributed by atoms with van der Waals surface area (Å²) in [6, 6.07) is 0. The maximum atomic E-state index is 10.6. The third-order valence-corrected chi connectivity index (χ3v) is 22.2. The van der Waals surface area contributed by atoms with Gasteiger partial charge in [0.05, 0.1) is 0 Å². The molecule has 13 aliphatic rings. The molecule has 13 rings (SSSR count). The fourth-order valence-electron chi connectivity index (χ4n) is 8.06. The number of ether oxygens (including phenoxy) is 26. The second-order valence-corrected chi connectivity index (χ2v) is 38.8. The minimum absolute atomic E-state index is 0.0486. The molecule has 0 radical (unpaired) electrons. The van der Waals surface area contributed by atoms with Crippen molar-refractivity contribution < 1.29 is 185 Å². The van der Waals surface area contributed by atoms with Crippen LogP contribution in [0.5, 0.6) is 0 Å². The highest BCUT2D eigenvalue weighted by Crippen LogP contribution is 2.42. The Morgan fingerprint density at radius 3 is 0.358 bits per heavy atom. The Bertz CT molecular complexity index is 3020. The van der Waals surface area contributed by atoms with Crippen molar-refractivity contribution in [1.29, 1.82) is 0 Å². The average Bonchev–Trinajstić information content (AvgIpc) is 1.66. The quantitative estimate of drug-likeness (QED) is 0.160. The third kappa shape index (κ3) is 31.5. The van der Waals surface area contributed by atoms with Crippen LogP contribution in [0.25, 0.3) is 0 Å². The fourth-order valence-corrected chi connectivity index (χ4v) is 8.06. The molecule has 0 saturated carbocycles. The van der Waals surface area contributed by atoms with Crippen molar-refractivity contribution >= 4 is 80.0 Å². The minimum atomic E-state index is -0.574. The van der Waals surface area contributed by atoms with Gasteiger partial charge in [-0.3, -0.25) is 0 Å². The summed E-state index contributed by atoms with van der Waals surface area (Å²) in [5, 5.41) is 0. The predicted octanol–water partition coefficient (Wildman–Crippen LogP) is 18.3. The average molecular weight is 1730 g/mol. The molecule has 0 spiro atoms. The van der Waals surface area contributed by atoms with E-state index in [1.807, 2.05) is 256 Å². The lowest BCUT2D eigenvalue weighted by molar-refractivity contribution is 0.00578. The fraction of sp³-hybridized carbons (Fsp3) is 0.840. The van der Waals surface area contributed by atoms with Crippen LogP contribution < -0.4 is 0 Å². The van der Waals surface area contributed by atoms with Crippen LogP contribution in [0.2, 0.25) is 0 Å². The molecule has 13 aliphatic heterocycles. The standard InChI is InChI=1S/7C7H12O3.3C6H10O3.2C5H8O3.C4H6O3/c7*1-6(2)7(3,4)10-5(8)9-6;3*1-4-6(2,3)9-5(7)8-4;2*1-5(2)3-7-4(6)8-5;1-3-2-6-4(5)7-3/h7*1-4H3;3*4H,1-3H3;2*3H2,1-2H3;3H,2H2,1H3. The van der Waals surface area contributed by atoms with Crippen LogP contribution >= 0.6 is 0 Å². The molecular formula is C81H136O39. The summed E-state index contributed by atoms with van der Waals surface area (Å²) < 4.78 is 124. The smallest absolute Gasteiger partial charge is 0.430 e. The number of rotatable bonds is 0. The summed E-state index contributed by atoms with van der Waals surface area (Å²) in [6.07, 6.45) is -7.83. The molecule has 694 valence electrons. The summed E-state index contributed by atoms with van der Waals surface area (Å²) >= 11 is 0. The highest BCUT2D eigenvalue weighted by atomic mass is 16.8. The van der Waals surface area contributed by atoms with E-state index in [9.17, 15) is 62.3 Å². The van der Waals surface area contributed by atoms with E-state index in [4.69, 9.17) is 94.7 Å². The zero-order valence-corrected chi connectivity index (χ0v) is 78.4. The molecule has 4 unspecified atom stereocenters. The number of hydrogen-bond acceptors (Lipinski definition) is 39. The van der Waals surface area contributed by atoms with Crippen molar-refractivity contribution in [2.24, 2.45) is 0 Å². The van der Waals surface area contributed by atoms with Crippen LogP contribution in [-0.2, 0) is 123 Å². The van der Waals surface area contributed by atoms with Crippen molar-refractivity contribution in [2.75, 3.05) is 19.8 Å². The first-order valence-corrected chi connectivity index (χ1v) is 38.7. The van der Waals surface area contributed by atoms with E-state index in [0.717, 1.165) is 0 Å². The minimum Gasteiger partial charge on any atom is -0.430 e. The second kappa shape index (κ2) is 37.9. The van der Waals surface area contributed by atoms with Gasteiger partial charge in [0, 0.05) is 0 Å². The molecule has 39 nitrogen and oxygen atoms in total. The number of carbonyl (C=O) groups is 13. The SMILES string of the molecule is CC1(C)COC(=O)O1.CC1(C)COC(=O)O1.CC1(C)OC(=O)OC1(C)C.CC1(C)OC(=O)OC1(C)C.CC1(C)OC(=O)OC1(C)C.CC1(C)OC(=O)OC1(C)C.CC1(C)OC(=O)OC1(C)C.CC1(C)OC(=O)OC1(C)C.CC1(C)OC(=O)OC1(C)C.CC1COC(=O)O1.CC1OC(=O)OC1(C)C.CC1OC(=O)OC1(C)C.CC1OC(=O)OC1(C)C. The maximum absolute atomic E-state index is 10.6. The predicted molar refractivity (Wildman–Crippen MR) is 418 cm³/mol. The zero-order valence-electron chi connectivity index (χ0n) is 78.4. The van der Waals surface area contributed by atoms with Crippen LogP contribution in [0.1, 0.15) is 291 Å². The molecule has 13 fully saturated rings.